The topological polar surface area (TPSA) is 43.7 Å². The molecule has 3 aromatic rings. The minimum atomic E-state index is -0.247. The van der Waals surface area contributed by atoms with E-state index in [1.165, 1.54) is 12.1 Å². The van der Waals surface area contributed by atoms with Crippen molar-refractivity contribution in [2.75, 3.05) is 20.8 Å². The molecule has 0 atom stereocenters. The molecule has 2 aromatic carbocycles. The summed E-state index contributed by atoms with van der Waals surface area (Å²) in [5, 5.41) is 0. The molecule has 0 unspecified atom stereocenters. The number of rotatable bonds is 11. The second-order valence-electron chi connectivity index (χ2n) is 7.79. The van der Waals surface area contributed by atoms with Crippen molar-refractivity contribution >= 4 is 5.91 Å². The molecule has 0 aliphatic heterocycles. The van der Waals surface area contributed by atoms with E-state index in [4.69, 9.17) is 9.47 Å². The average Bonchev–Trinajstić information content (AvgIpc) is 3.25. The Morgan fingerprint density at radius 3 is 2.31 bits per heavy atom. The lowest BCUT2D eigenvalue weighted by Gasteiger charge is -2.24. The Morgan fingerprint density at radius 1 is 1.00 bits per heavy atom. The lowest BCUT2D eigenvalue weighted by molar-refractivity contribution is 0.0735. The van der Waals surface area contributed by atoms with Crippen molar-refractivity contribution in [2.45, 2.75) is 39.3 Å². The van der Waals surface area contributed by atoms with Gasteiger partial charge in [0, 0.05) is 36.6 Å². The SMILES string of the molecule is CCCCCN(Cc1cccn1Cc1ccc(F)cc1)C(=O)c1cc(OC)cc(OC)c1. The van der Waals surface area contributed by atoms with Gasteiger partial charge in [-0.05, 0) is 48.4 Å². The highest BCUT2D eigenvalue weighted by atomic mass is 19.1. The van der Waals surface area contributed by atoms with Crippen molar-refractivity contribution in [1.29, 1.82) is 0 Å². The van der Waals surface area contributed by atoms with E-state index in [9.17, 15) is 9.18 Å². The van der Waals surface area contributed by atoms with E-state index in [2.05, 4.69) is 11.5 Å². The highest BCUT2D eigenvalue weighted by molar-refractivity contribution is 5.95. The van der Waals surface area contributed by atoms with Crippen LogP contribution in [-0.4, -0.2) is 36.1 Å². The maximum absolute atomic E-state index is 13.5. The number of carbonyl (C=O) groups excluding carboxylic acids is 1. The number of carbonyl (C=O) groups is 1. The third-order valence-corrected chi connectivity index (χ3v) is 5.46. The van der Waals surface area contributed by atoms with Crippen LogP contribution in [0, 0.1) is 5.82 Å². The first kappa shape index (κ1) is 23.4. The Morgan fingerprint density at radius 2 is 1.69 bits per heavy atom. The molecule has 0 saturated heterocycles. The third kappa shape index (κ3) is 6.13. The van der Waals surface area contributed by atoms with E-state index in [1.807, 2.05) is 23.2 Å². The predicted octanol–water partition coefficient (Wildman–Crippen LogP) is 5.53. The molecule has 5 nitrogen and oxygen atoms in total. The fraction of sp³-hybridized carbons (Fsp3) is 0.346. The normalized spacial score (nSPS) is 10.8. The molecular weight excluding hydrogens is 407 g/mol. The Labute approximate surface area is 189 Å². The molecule has 1 heterocycles. The van der Waals surface area contributed by atoms with Gasteiger partial charge in [0.05, 0.1) is 20.8 Å². The van der Waals surface area contributed by atoms with Gasteiger partial charge in [0.2, 0.25) is 0 Å². The van der Waals surface area contributed by atoms with Gasteiger partial charge < -0.3 is 18.9 Å². The maximum Gasteiger partial charge on any atom is 0.254 e. The van der Waals surface area contributed by atoms with Crippen molar-refractivity contribution in [3.63, 3.8) is 0 Å². The number of unbranched alkanes of at least 4 members (excludes halogenated alkanes) is 2. The molecule has 0 N–H and O–H groups in total. The molecule has 1 aromatic heterocycles. The number of aromatic nitrogens is 1. The lowest BCUT2D eigenvalue weighted by atomic mass is 10.1. The minimum Gasteiger partial charge on any atom is -0.497 e. The van der Waals surface area contributed by atoms with Crippen LogP contribution in [0.4, 0.5) is 4.39 Å². The first-order valence-corrected chi connectivity index (χ1v) is 10.9. The van der Waals surface area contributed by atoms with Crippen LogP contribution < -0.4 is 9.47 Å². The quantitative estimate of drug-likeness (QED) is 0.370. The van der Waals surface area contributed by atoms with Gasteiger partial charge in [-0.15, -0.1) is 0 Å². The van der Waals surface area contributed by atoms with E-state index in [1.54, 1.807) is 44.6 Å². The number of hydrogen-bond donors (Lipinski definition) is 0. The van der Waals surface area contributed by atoms with Gasteiger partial charge >= 0.3 is 0 Å². The number of benzene rings is 2. The molecular formula is C26H31FN2O3. The van der Waals surface area contributed by atoms with Gasteiger partial charge in [-0.2, -0.15) is 0 Å². The van der Waals surface area contributed by atoms with Gasteiger partial charge in [0.15, 0.2) is 0 Å². The summed E-state index contributed by atoms with van der Waals surface area (Å²) in [6, 6.07) is 15.7. The van der Waals surface area contributed by atoms with Crippen molar-refractivity contribution in [3.8, 4) is 11.5 Å². The van der Waals surface area contributed by atoms with Crippen molar-refractivity contribution in [3.05, 3.63) is 83.4 Å². The van der Waals surface area contributed by atoms with Crippen LogP contribution in [0.25, 0.3) is 0 Å². The first-order valence-electron chi connectivity index (χ1n) is 10.9. The molecule has 6 heteroatoms. The zero-order valence-corrected chi connectivity index (χ0v) is 19.0. The second-order valence-corrected chi connectivity index (χ2v) is 7.79. The van der Waals surface area contributed by atoms with Gasteiger partial charge in [-0.3, -0.25) is 4.79 Å². The molecule has 0 bridgehead atoms. The Balaban J connectivity index is 1.83. The molecule has 3 rings (SSSR count). The molecule has 1 amide bonds. The lowest BCUT2D eigenvalue weighted by Crippen LogP contribution is -2.32. The summed E-state index contributed by atoms with van der Waals surface area (Å²) in [5.41, 5.74) is 2.56. The van der Waals surface area contributed by atoms with E-state index in [0.29, 0.717) is 36.7 Å². The predicted molar refractivity (Wildman–Crippen MR) is 124 cm³/mol. The van der Waals surface area contributed by atoms with Crippen molar-refractivity contribution in [2.24, 2.45) is 0 Å². The first-order chi connectivity index (χ1) is 15.5. The van der Waals surface area contributed by atoms with Crippen LogP contribution in [0.3, 0.4) is 0 Å². The number of ether oxygens (including phenoxy) is 2. The van der Waals surface area contributed by atoms with Crippen LogP contribution >= 0.6 is 0 Å². The second kappa shape index (κ2) is 11.4. The molecule has 170 valence electrons. The van der Waals surface area contributed by atoms with Crippen molar-refractivity contribution < 1.29 is 18.7 Å². The van der Waals surface area contributed by atoms with Crippen LogP contribution in [-0.2, 0) is 13.1 Å². The summed E-state index contributed by atoms with van der Waals surface area (Å²) >= 11 is 0. The third-order valence-electron chi connectivity index (χ3n) is 5.46. The van der Waals surface area contributed by atoms with Gasteiger partial charge in [0.1, 0.15) is 17.3 Å². The number of methoxy groups -OCH3 is 2. The molecule has 0 aliphatic carbocycles. The molecule has 0 aliphatic rings. The van der Waals surface area contributed by atoms with Crippen molar-refractivity contribution in [1.82, 2.24) is 9.47 Å². The smallest absolute Gasteiger partial charge is 0.254 e. The summed E-state index contributed by atoms with van der Waals surface area (Å²) in [6.07, 6.45) is 5.06. The van der Waals surface area contributed by atoms with Crippen LogP contribution in [0.2, 0.25) is 0 Å². The zero-order valence-electron chi connectivity index (χ0n) is 19.0. The maximum atomic E-state index is 13.5. The van der Waals surface area contributed by atoms with Gasteiger partial charge in [0.25, 0.3) is 5.91 Å². The summed E-state index contributed by atoms with van der Waals surface area (Å²) < 4.78 is 26.0. The Kier molecular flexibility index (Phi) is 8.31. The average molecular weight is 439 g/mol. The van der Waals surface area contributed by atoms with Crippen LogP contribution in [0.15, 0.2) is 60.8 Å². The van der Waals surface area contributed by atoms with E-state index < -0.39 is 0 Å². The molecule has 0 radical (unpaired) electrons. The van der Waals surface area contributed by atoms with Gasteiger partial charge in [-0.25, -0.2) is 4.39 Å². The monoisotopic (exact) mass is 438 g/mol. The zero-order chi connectivity index (χ0) is 22.9. The molecule has 0 spiro atoms. The number of halogens is 1. The highest BCUT2D eigenvalue weighted by Crippen LogP contribution is 2.24. The summed E-state index contributed by atoms with van der Waals surface area (Å²) in [4.78, 5) is 15.3. The summed E-state index contributed by atoms with van der Waals surface area (Å²) in [7, 11) is 3.15. The summed E-state index contributed by atoms with van der Waals surface area (Å²) in [6.45, 7) is 3.91. The fourth-order valence-electron chi connectivity index (χ4n) is 3.65. The van der Waals surface area contributed by atoms with Crippen LogP contribution in [0.5, 0.6) is 11.5 Å². The molecule has 32 heavy (non-hydrogen) atoms. The van der Waals surface area contributed by atoms with E-state index in [0.717, 1.165) is 30.5 Å². The number of nitrogens with zero attached hydrogens (tertiary/aromatic N) is 2. The standard InChI is InChI=1S/C26H31FN2O3/c1-4-5-6-13-29(26(30)21-15-24(31-2)17-25(16-21)32-3)19-23-8-7-14-28(23)18-20-9-11-22(27)12-10-20/h7-12,14-17H,4-6,13,18-19H2,1-3H3. The Bertz CT molecular complexity index is 992. The van der Waals surface area contributed by atoms with Gasteiger partial charge in [-0.1, -0.05) is 31.9 Å². The minimum absolute atomic E-state index is 0.0622. The number of amides is 1. The summed E-state index contributed by atoms with van der Waals surface area (Å²) in [5.74, 6) is 0.859. The van der Waals surface area contributed by atoms with E-state index in [-0.39, 0.29) is 11.7 Å². The highest BCUT2D eigenvalue weighted by Gasteiger charge is 2.19. The number of hydrogen-bond acceptors (Lipinski definition) is 3. The van der Waals surface area contributed by atoms with Crippen LogP contribution in [0.1, 0.15) is 47.8 Å². The van der Waals surface area contributed by atoms with E-state index >= 15 is 0 Å². The molecule has 0 fully saturated rings. The largest absolute Gasteiger partial charge is 0.497 e. The fourth-order valence-corrected chi connectivity index (χ4v) is 3.65. The molecule has 0 saturated carbocycles. The Hall–Kier alpha value is -3.28.